The predicted octanol–water partition coefficient (Wildman–Crippen LogP) is 3.21. The molecule has 96 valence electrons. The van der Waals surface area contributed by atoms with Crippen molar-refractivity contribution in [1.82, 2.24) is 0 Å². The fourth-order valence-corrected chi connectivity index (χ4v) is 3.16. The maximum Gasteiger partial charge on any atom is 0.0846 e. The van der Waals surface area contributed by atoms with Gasteiger partial charge in [-0.25, -0.2) is 0 Å². The molecule has 0 saturated heterocycles. The molecule has 0 aromatic carbocycles. The lowest BCUT2D eigenvalue weighted by Crippen LogP contribution is -2.43. The topological polar surface area (TPSA) is 32.6 Å². The molecule has 0 bridgehead atoms. The first kappa shape index (κ1) is 12.8. The first-order chi connectivity index (χ1) is 8.01. The second kappa shape index (κ2) is 4.56. The summed E-state index contributed by atoms with van der Waals surface area (Å²) >= 11 is 0. The van der Waals surface area contributed by atoms with Gasteiger partial charge in [-0.2, -0.15) is 0 Å². The average Bonchev–Trinajstić information content (AvgIpc) is 3.08. The fraction of sp³-hybridized carbons (Fsp3) is 0.800. The lowest BCUT2D eigenvalue weighted by atomic mass is 9.78. The quantitative estimate of drug-likeness (QED) is 0.797. The highest BCUT2D eigenvalue weighted by atomic mass is 16.3. The summed E-state index contributed by atoms with van der Waals surface area (Å²) in [5.41, 5.74) is 0.844. The summed E-state index contributed by atoms with van der Waals surface area (Å²) in [5, 5.41) is 10.4. The summed E-state index contributed by atoms with van der Waals surface area (Å²) in [6.07, 6.45) is 7.47. The van der Waals surface area contributed by atoms with Gasteiger partial charge in [0, 0.05) is 12.1 Å². The Morgan fingerprint density at radius 2 is 2.18 bits per heavy atom. The van der Waals surface area contributed by atoms with Crippen molar-refractivity contribution in [2.24, 2.45) is 22.7 Å². The highest BCUT2D eigenvalue weighted by Crippen LogP contribution is 2.50. The molecule has 1 aliphatic heterocycles. The Bertz CT molecular complexity index is 343. The van der Waals surface area contributed by atoms with Crippen LogP contribution in [0.2, 0.25) is 0 Å². The van der Waals surface area contributed by atoms with E-state index in [9.17, 15) is 5.11 Å². The fourth-order valence-electron chi connectivity index (χ4n) is 3.16. The normalized spacial score (nSPS) is 39.7. The molecule has 5 atom stereocenters. The van der Waals surface area contributed by atoms with Crippen LogP contribution in [0, 0.1) is 17.8 Å². The number of dihydropyridines is 1. The minimum atomic E-state index is -0.675. The number of nitrogens with zero attached hydrogens (tertiary/aromatic N) is 1. The van der Waals surface area contributed by atoms with Crippen molar-refractivity contribution in [2.75, 3.05) is 0 Å². The summed E-state index contributed by atoms with van der Waals surface area (Å²) in [7, 11) is 0. The van der Waals surface area contributed by atoms with Crippen LogP contribution in [0.25, 0.3) is 0 Å². The highest BCUT2D eigenvalue weighted by Gasteiger charge is 2.44. The third-order valence-corrected chi connectivity index (χ3v) is 4.74. The highest BCUT2D eigenvalue weighted by molar-refractivity contribution is 5.74. The van der Waals surface area contributed by atoms with Crippen LogP contribution in [0.4, 0.5) is 0 Å². The molecule has 1 heterocycles. The van der Waals surface area contributed by atoms with Gasteiger partial charge in [0.15, 0.2) is 0 Å². The second-order valence-electron chi connectivity index (χ2n) is 5.92. The van der Waals surface area contributed by atoms with Gasteiger partial charge >= 0.3 is 0 Å². The van der Waals surface area contributed by atoms with Gasteiger partial charge in [-0.15, -0.1) is 0 Å². The van der Waals surface area contributed by atoms with Crippen LogP contribution in [0.15, 0.2) is 16.6 Å². The molecule has 2 rings (SSSR count). The zero-order valence-corrected chi connectivity index (χ0v) is 11.5. The third kappa shape index (κ3) is 2.33. The molecule has 1 N–H and O–H groups in total. The SMILES string of the molecule is CCC1CC1C1=CC=NC(C(C)(O)CC)C1C. The van der Waals surface area contributed by atoms with E-state index in [-0.39, 0.29) is 6.04 Å². The van der Waals surface area contributed by atoms with Crippen molar-refractivity contribution in [1.29, 1.82) is 0 Å². The monoisotopic (exact) mass is 235 g/mol. The largest absolute Gasteiger partial charge is 0.388 e. The maximum absolute atomic E-state index is 10.4. The molecule has 0 amide bonds. The van der Waals surface area contributed by atoms with E-state index in [1.54, 1.807) is 0 Å². The van der Waals surface area contributed by atoms with Crippen molar-refractivity contribution in [3.8, 4) is 0 Å². The molecular formula is C15H25NO. The van der Waals surface area contributed by atoms with Gasteiger partial charge in [0.05, 0.1) is 11.6 Å². The number of hydrogen-bond acceptors (Lipinski definition) is 2. The number of aliphatic hydroxyl groups is 1. The van der Waals surface area contributed by atoms with E-state index in [0.29, 0.717) is 5.92 Å². The van der Waals surface area contributed by atoms with E-state index in [0.717, 1.165) is 18.3 Å². The molecule has 1 aliphatic carbocycles. The minimum absolute atomic E-state index is 0.0330. The Morgan fingerprint density at radius 1 is 1.47 bits per heavy atom. The van der Waals surface area contributed by atoms with E-state index >= 15 is 0 Å². The number of aliphatic imine (C=N–C) groups is 1. The lowest BCUT2D eigenvalue weighted by Gasteiger charge is -2.36. The summed E-state index contributed by atoms with van der Waals surface area (Å²) < 4.78 is 0. The summed E-state index contributed by atoms with van der Waals surface area (Å²) in [6.45, 7) is 8.44. The molecule has 2 nitrogen and oxygen atoms in total. The lowest BCUT2D eigenvalue weighted by molar-refractivity contribution is 0.0164. The Hall–Kier alpha value is -0.630. The van der Waals surface area contributed by atoms with Gasteiger partial charge in [-0.05, 0) is 37.7 Å². The Kier molecular flexibility index (Phi) is 3.44. The smallest absolute Gasteiger partial charge is 0.0846 e. The van der Waals surface area contributed by atoms with Crippen LogP contribution in [-0.4, -0.2) is 23.0 Å². The molecule has 0 aromatic rings. The first-order valence-electron chi connectivity index (χ1n) is 6.96. The summed E-state index contributed by atoms with van der Waals surface area (Å²) in [6, 6.07) is 0.0330. The van der Waals surface area contributed by atoms with Gasteiger partial charge in [0.2, 0.25) is 0 Å². The van der Waals surface area contributed by atoms with Gasteiger partial charge in [-0.1, -0.05) is 32.8 Å². The molecule has 0 spiro atoms. The predicted molar refractivity (Wildman–Crippen MR) is 72.3 cm³/mol. The van der Waals surface area contributed by atoms with Crippen molar-refractivity contribution in [3.05, 3.63) is 11.6 Å². The third-order valence-electron chi connectivity index (χ3n) is 4.74. The molecule has 1 saturated carbocycles. The molecule has 2 heteroatoms. The summed E-state index contributed by atoms with van der Waals surface area (Å²) in [4.78, 5) is 4.51. The minimum Gasteiger partial charge on any atom is -0.388 e. The van der Waals surface area contributed by atoms with Crippen molar-refractivity contribution < 1.29 is 5.11 Å². The molecule has 17 heavy (non-hydrogen) atoms. The van der Waals surface area contributed by atoms with E-state index in [1.165, 1.54) is 18.4 Å². The maximum atomic E-state index is 10.4. The van der Waals surface area contributed by atoms with Crippen LogP contribution in [0.5, 0.6) is 0 Å². The first-order valence-corrected chi connectivity index (χ1v) is 6.96. The van der Waals surface area contributed by atoms with Crippen molar-refractivity contribution in [2.45, 2.75) is 58.6 Å². The second-order valence-corrected chi connectivity index (χ2v) is 5.92. The van der Waals surface area contributed by atoms with Crippen LogP contribution in [0.3, 0.4) is 0 Å². The van der Waals surface area contributed by atoms with Crippen molar-refractivity contribution >= 4 is 6.21 Å². The van der Waals surface area contributed by atoms with Gasteiger partial charge < -0.3 is 5.11 Å². The van der Waals surface area contributed by atoms with Crippen molar-refractivity contribution in [3.63, 3.8) is 0 Å². The number of hydrogen-bond donors (Lipinski definition) is 1. The standard InChI is InChI=1S/C15H25NO/c1-5-11-9-13(11)12-7-8-16-14(10(12)3)15(4,17)6-2/h7-8,10-11,13-14,17H,5-6,9H2,1-4H3. The number of rotatable bonds is 4. The van der Waals surface area contributed by atoms with Crippen LogP contribution in [0.1, 0.15) is 47.0 Å². The Labute approximate surface area is 105 Å². The van der Waals surface area contributed by atoms with Gasteiger partial charge in [0.25, 0.3) is 0 Å². The van der Waals surface area contributed by atoms with Crippen LogP contribution < -0.4 is 0 Å². The summed E-state index contributed by atoms with van der Waals surface area (Å²) in [5.74, 6) is 2.02. The van der Waals surface area contributed by atoms with Crippen LogP contribution >= 0.6 is 0 Å². The number of allylic oxidation sites excluding steroid dienone is 1. The van der Waals surface area contributed by atoms with E-state index in [4.69, 9.17) is 0 Å². The Morgan fingerprint density at radius 3 is 2.71 bits per heavy atom. The van der Waals surface area contributed by atoms with E-state index in [2.05, 4.69) is 24.9 Å². The molecular weight excluding hydrogens is 210 g/mol. The molecule has 0 aromatic heterocycles. The zero-order valence-electron chi connectivity index (χ0n) is 11.5. The molecule has 2 aliphatic rings. The molecule has 0 radical (unpaired) electrons. The van der Waals surface area contributed by atoms with Gasteiger partial charge in [-0.3, -0.25) is 4.99 Å². The average molecular weight is 235 g/mol. The zero-order chi connectivity index (χ0) is 12.6. The van der Waals surface area contributed by atoms with Gasteiger partial charge in [0.1, 0.15) is 0 Å². The van der Waals surface area contributed by atoms with Crippen LogP contribution in [-0.2, 0) is 0 Å². The molecule has 1 fully saturated rings. The molecule has 5 unspecified atom stereocenters. The van der Waals surface area contributed by atoms with E-state index in [1.807, 2.05) is 20.1 Å². The van der Waals surface area contributed by atoms with E-state index < -0.39 is 5.60 Å². The Balaban J connectivity index is 2.12.